The first-order valence-corrected chi connectivity index (χ1v) is 24.6. The number of carbonyl (C=O) groups excluding carboxylic acids is 3. The number of allylic oxidation sites excluding steroid dienone is 13. The molecule has 0 aromatic carbocycles. The zero-order valence-corrected chi connectivity index (χ0v) is 38.9. The number of ether oxygens (including phenoxy) is 3. The third kappa shape index (κ3) is 45.7. The lowest BCUT2D eigenvalue weighted by atomic mass is 10.0. The summed E-state index contributed by atoms with van der Waals surface area (Å²) in [6, 6.07) is 0. The highest BCUT2D eigenvalue weighted by molar-refractivity contribution is 5.72. The molecule has 0 aliphatic carbocycles. The van der Waals surface area contributed by atoms with Gasteiger partial charge in [0.25, 0.3) is 0 Å². The number of carbonyl (C=O) groups is 3. The second-order valence-electron chi connectivity index (χ2n) is 16.0. The van der Waals surface area contributed by atoms with Crippen LogP contribution in [0.3, 0.4) is 0 Å². The van der Waals surface area contributed by atoms with Gasteiger partial charge < -0.3 is 14.2 Å². The number of hydrogen-bond donors (Lipinski definition) is 0. The molecule has 0 saturated carbocycles. The van der Waals surface area contributed by atoms with Gasteiger partial charge in [-0.3, -0.25) is 14.4 Å². The molecule has 1 atom stereocenters. The Morgan fingerprint density at radius 2 is 0.733 bits per heavy atom. The molecule has 0 N–H and O–H groups in total. The molecule has 0 saturated heterocycles. The fraction of sp³-hybridized carbons (Fsp3) is 0.685. The monoisotopic (exact) mass is 835 g/mol. The Balaban J connectivity index is 4.47. The lowest BCUT2D eigenvalue weighted by molar-refractivity contribution is -0.166. The van der Waals surface area contributed by atoms with Crippen molar-refractivity contribution in [3.63, 3.8) is 0 Å². The van der Waals surface area contributed by atoms with E-state index in [1.165, 1.54) is 109 Å². The Morgan fingerprint density at radius 3 is 1.22 bits per heavy atom. The summed E-state index contributed by atoms with van der Waals surface area (Å²) in [7, 11) is 0. The first kappa shape index (κ1) is 56.6. The second-order valence-corrected chi connectivity index (χ2v) is 16.0. The van der Waals surface area contributed by atoms with Crippen molar-refractivity contribution in [3.05, 3.63) is 85.1 Å². The zero-order valence-electron chi connectivity index (χ0n) is 38.9. The van der Waals surface area contributed by atoms with Crippen molar-refractivity contribution in [3.8, 4) is 0 Å². The minimum absolute atomic E-state index is 0.126. The third-order valence-electron chi connectivity index (χ3n) is 10.2. The first-order valence-electron chi connectivity index (χ1n) is 24.6. The summed E-state index contributed by atoms with van der Waals surface area (Å²) in [4.78, 5) is 37.7. The highest BCUT2D eigenvalue weighted by Gasteiger charge is 2.19. The minimum Gasteiger partial charge on any atom is -0.462 e. The van der Waals surface area contributed by atoms with E-state index in [2.05, 4.69) is 93.7 Å². The van der Waals surface area contributed by atoms with Crippen molar-refractivity contribution in [2.75, 3.05) is 13.2 Å². The van der Waals surface area contributed by atoms with Gasteiger partial charge in [0.1, 0.15) is 13.2 Å². The standard InChI is InChI=1S/C54H90O6/c1-4-7-10-13-16-19-21-23-25-27-29-30-32-35-38-41-44-47-53(56)59-50-51(49-58-52(55)46-43-40-37-34-18-15-12-9-6-3)60-54(57)48-45-42-39-36-33-31-28-26-24-22-20-17-14-11-8-5-2/h9,12,16,18-19,23,25,29-30,34-35,38,40,43,51H,4-8,10-11,13-15,17,20-22,24,26-28,31-33,36-37,39,41-42,44-50H2,1-3H3/b12-9-,19-16-,25-23-,30-29-,34-18-,38-35-,43-40-. The molecule has 0 aromatic heterocycles. The predicted octanol–water partition coefficient (Wildman–Crippen LogP) is 16.0. The molecule has 0 amide bonds. The van der Waals surface area contributed by atoms with Crippen molar-refractivity contribution in [1.29, 1.82) is 0 Å². The average Bonchev–Trinajstić information content (AvgIpc) is 3.24. The van der Waals surface area contributed by atoms with Crippen LogP contribution in [0.15, 0.2) is 85.1 Å². The lowest BCUT2D eigenvalue weighted by Crippen LogP contribution is -2.30. The van der Waals surface area contributed by atoms with Crippen LogP contribution in [0.5, 0.6) is 0 Å². The van der Waals surface area contributed by atoms with Crippen LogP contribution in [0.2, 0.25) is 0 Å². The molecule has 0 spiro atoms. The van der Waals surface area contributed by atoms with Gasteiger partial charge in [0.15, 0.2) is 6.10 Å². The highest BCUT2D eigenvalue weighted by Crippen LogP contribution is 2.15. The number of unbranched alkanes of at least 4 members (excludes halogenated alkanes) is 19. The third-order valence-corrected chi connectivity index (χ3v) is 10.2. The zero-order chi connectivity index (χ0) is 43.7. The fourth-order valence-corrected chi connectivity index (χ4v) is 6.49. The molecule has 0 aliphatic heterocycles. The quantitative estimate of drug-likeness (QED) is 0.0263. The van der Waals surface area contributed by atoms with Crippen LogP contribution in [0.1, 0.15) is 220 Å². The molecule has 1 unspecified atom stereocenters. The van der Waals surface area contributed by atoms with Gasteiger partial charge in [0.2, 0.25) is 0 Å². The maximum atomic E-state index is 12.7. The van der Waals surface area contributed by atoms with E-state index in [-0.39, 0.29) is 38.0 Å². The summed E-state index contributed by atoms with van der Waals surface area (Å²) in [5, 5.41) is 0. The SMILES string of the molecule is CC/C=C\C/C=C\C/C=C\CC(=O)OCC(COC(=O)CCC/C=C\C/C=C\C/C=C\C/C=C\CCCCC)OC(=O)CCCCCCCCCCCCCCCCCC. The molecule has 342 valence electrons. The van der Waals surface area contributed by atoms with Crippen LogP contribution < -0.4 is 0 Å². The van der Waals surface area contributed by atoms with Crippen molar-refractivity contribution < 1.29 is 28.6 Å². The molecular weight excluding hydrogens is 745 g/mol. The van der Waals surface area contributed by atoms with Gasteiger partial charge in [-0.1, -0.05) is 215 Å². The molecule has 0 radical (unpaired) electrons. The van der Waals surface area contributed by atoms with E-state index in [4.69, 9.17) is 14.2 Å². The average molecular weight is 835 g/mol. The summed E-state index contributed by atoms with van der Waals surface area (Å²) in [6.45, 7) is 6.34. The van der Waals surface area contributed by atoms with Crippen LogP contribution in [0, 0.1) is 0 Å². The Labute approximate surface area is 369 Å². The minimum atomic E-state index is -0.830. The topological polar surface area (TPSA) is 78.9 Å². The molecule has 0 bridgehead atoms. The molecule has 0 rings (SSSR count). The van der Waals surface area contributed by atoms with Gasteiger partial charge in [-0.25, -0.2) is 0 Å². The number of hydrogen-bond acceptors (Lipinski definition) is 6. The molecule has 60 heavy (non-hydrogen) atoms. The van der Waals surface area contributed by atoms with Crippen molar-refractivity contribution in [2.45, 2.75) is 226 Å². The molecule has 0 aromatic rings. The smallest absolute Gasteiger partial charge is 0.309 e. The molecule has 6 nitrogen and oxygen atoms in total. The maximum absolute atomic E-state index is 12.7. The van der Waals surface area contributed by atoms with Gasteiger partial charge in [-0.2, -0.15) is 0 Å². The van der Waals surface area contributed by atoms with Crippen molar-refractivity contribution >= 4 is 17.9 Å². The van der Waals surface area contributed by atoms with Crippen molar-refractivity contribution in [2.24, 2.45) is 0 Å². The number of esters is 3. The van der Waals surface area contributed by atoms with E-state index < -0.39 is 12.1 Å². The highest BCUT2D eigenvalue weighted by atomic mass is 16.6. The second kappa shape index (κ2) is 48.3. The fourth-order valence-electron chi connectivity index (χ4n) is 6.49. The van der Waals surface area contributed by atoms with Gasteiger partial charge in [-0.15, -0.1) is 0 Å². The van der Waals surface area contributed by atoms with E-state index in [0.717, 1.165) is 64.2 Å². The summed E-state index contributed by atoms with van der Waals surface area (Å²) in [5.74, 6) is -1.11. The summed E-state index contributed by atoms with van der Waals surface area (Å²) >= 11 is 0. The summed E-state index contributed by atoms with van der Waals surface area (Å²) in [5.41, 5.74) is 0. The Bertz CT molecular complexity index is 1190. The maximum Gasteiger partial charge on any atom is 0.309 e. The van der Waals surface area contributed by atoms with Crippen LogP contribution in [0.25, 0.3) is 0 Å². The molecule has 0 fully saturated rings. The Morgan fingerprint density at radius 1 is 0.367 bits per heavy atom. The van der Waals surface area contributed by atoms with Crippen LogP contribution in [0.4, 0.5) is 0 Å². The van der Waals surface area contributed by atoms with Gasteiger partial charge in [0, 0.05) is 12.8 Å². The molecular formula is C54H90O6. The van der Waals surface area contributed by atoms with Gasteiger partial charge in [0.05, 0.1) is 6.42 Å². The summed E-state index contributed by atoms with van der Waals surface area (Å²) < 4.78 is 16.6. The van der Waals surface area contributed by atoms with Crippen LogP contribution in [-0.4, -0.2) is 37.2 Å². The molecule has 0 aliphatic rings. The lowest BCUT2D eigenvalue weighted by Gasteiger charge is -2.18. The Kier molecular flexibility index (Phi) is 45.5. The van der Waals surface area contributed by atoms with Gasteiger partial charge in [-0.05, 0) is 70.6 Å². The van der Waals surface area contributed by atoms with Crippen LogP contribution >= 0.6 is 0 Å². The van der Waals surface area contributed by atoms with E-state index in [1.54, 1.807) is 6.08 Å². The Hall–Kier alpha value is -3.41. The predicted molar refractivity (Wildman–Crippen MR) is 256 cm³/mol. The normalized spacial score (nSPS) is 12.8. The van der Waals surface area contributed by atoms with Crippen LogP contribution in [-0.2, 0) is 28.6 Å². The van der Waals surface area contributed by atoms with E-state index >= 15 is 0 Å². The van der Waals surface area contributed by atoms with E-state index in [1.807, 2.05) is 6.08 Å². The van der Waals surface area contributed by atoms with E-state index in [0.29, 0.717) is 12.8 Å². The summed E-state index contributed by atoms with van der Waals surface area (Å²) in [6.07, 6.45) is 61.8. The molecule has 6 heteroatoms. The van der Waals surface area contributed by atoms with Crippen molar-refractivity contribution in [1.82, 2.24) is 0 Å². The molecule has 0 heterocycles. The van der Waals surface area contributed by atoms with Gasteiger partial charge >= 0.3 is 17.9 Å². The first-order chi connectivity index (χ1) is 29.5. The van der Waals surface area contributed by atoms with E-state index in [9.17, 15) is 14.4 Å². The largest absolute Gasteiger partial charge is 0.462 e. The number of rotatable bonds is 43.